The van der Waals surface area contributed by atoms with Crippen LogP contribution >= 0.6 is 0 Å². The van der Waals surface area contributed by atoms with E-state index in [2.05, 4.69) is 0 Å². The van der Waals surface area contributed by atoms with E-state index in [1.807, 2.05) is 25.9 Å². The van der Waals surface area contributed by atoms with Crippen LogP contribution in [0.2, 0.25) is 0 Å². The van der Waals surface area contributed by atoms with Gasteiger partial charge in [-0.15, -0.1) is 0 Å². The average molecular weight is 238 g/mol. The lowest BCUT2D eigenvalue weighted by Gasteiger charge is -2.22. The number of aromatic hydroxyl groups is 1. The molecule has 0 aliphatic carbocycles. The van der Waals surface area contributed by atoms with Crippen molar-refractivity contribution in [2.45, 2.75) is 25.5 Å². The molecule has 1 rings (SSSR count). The SMILES string of the molecule is Cc1ccc(O)c(C(O)C(N)CCN(C)C)c1. The Hall–Kier alpha value is -1.10. The Morgan fingerprint density at radius 1 is 1.35 bits per heavy atom. The third kappa shape index (κ3) is 4.00. The van der Waals surface area contributed by atoms with Crippen molar-refractivity contribution in [3.8, 4) is 5.75 Å². The van der Waals surface area contributed by atoms with Gasteiger partial charge in [-0.1, -0.05) is 11.6 Å². The van der Waals surface area contributed by atoms with Crippen LogP contribution in [0.4, 0.5) is 0 Å². The molecule has 4 nitrogen and oxygen atoms in total. The monoisotopic (exact) mass is 238 g/mol. The molecule has 0 heterocycles. The molecule has 4 heteroatoms. The van der Waals surface area contributed by atoms with Gasteiger partial charge in [0, 0.05) is 11.6 Å². The maximum absolute atomic E-state index is 10.1. The quantitative estimate of drug-likeness (QED) is 0.716. The summed E-state index contributed by atoms with van der Waals surface area (Å²) in [5, 5.41) is 19.8. The van der Waals surface area contributed by atoms with Crippen LogP contribution in [0.5, 0.6) is 5.75 Å². The minimum Gasteiger partial charge on any atom is -0.508 e. The zero-order valence-electron chi connectivity index (χ0n) is 10.7. The molecule has 1 aromatic rings. The maximum atomic E-state index is 10.1. The van der Waals surface area contributed by atoms with Crippen LogP contribution in [0.15, 0.2) is 18.2 Å². The van der Waals surface area contributed by atoms with Crippen molar-refractivity contribution in [1.29, 1.82) is 0 Å². The number of nitrogens with zero attached hydrogens (tertiary/aromatic N) is 1. The normalized spacial score (nSPS) is 14.9. The van der Waals surface area contributed by atoms with Gasteiger partial charge in [-0.2, -0.15) is 0 Å². The smallest absolute Gasteiger partial charge is 0.121 e. The molecule has 96 valence electrons. The fourth-order valence-electron chi connectivity index (χ4n) is 1.71. The lowest BCUT2D eigenvalue weighted by molar-refractivity contribution is 0.134. The molecule has 0 radical (unpaired) electrons. The van der Waals surface area contributed by atoms with Crippen LogP contribution in [0, 0.1) is 6.92 Å². The Morgan fingerprint density at radius 3 is 2.59 bits per heavy atom. The van der Waals surface area contributed by atoms with E-state index in [-0.39, 0.29) is 11.8 Å². The summed E-state index contributed by atoms with van der Waals surface area (Å²) in [4.78, 5) is 2.02. The van der Waals surface area contributed by atoms with Gasteiger partial charge in [-0.3, -0.25) is 0 Å². The van der Waals surface area contributed by atoms with Crippen molar-refractivity contribution < 1.29 is 10.2 Å². The molecule has 2 atom stereocenters. The highest BCUT2D eigenvalue weighted by atomic mass is 16.3. The van der Waals surface area contributed by atoms with Gasteiger partial charge in [0.05, 0.1) is 6.10 Å². The summed E-state index contributed by atoms with van der Waals surface area (Å²) < 4.78 is 0. The molecule has 0 fully saturated rings. The van der Waals surface area contributed by atoms with Crippen LogP contribution in [0.3, 0.4) is 0 Å². The fourth-order valence-corrected chi connectivity index (χ4v) is 1.71. The molecule has 4 N–H and O–H groups in total. The molecular weight excluding hydrogens is 216 g/mol. The van der Waals surface area contributed by atoms with Crippen LogP contribution in [-0.4, -0.2) is 41.8 Å². The first-order valence-corrected chi connectivity index (χ1v) is 5.79. The third-order valence-corrected chi connectivity index (χ3v) is 2.82. The van der Waals surface area contributed by atoms with E-state index in [1.54, 1.807) is 18.2 Å². The van der Waals surface area contributed by atoms with E-state index in [0.717, 1.165) is 12.1 Å². The molecule has 0 aliphatic rings. The third-order valence-electron chi connectivity index (χ3n) is 2.82. The molecular formula is C13H22N2O2. The van der Waals surface area contributed by atoms with Crippen molar-refractivity contribution in [2.75, 3.05) is 20.6 Å². The first kappa shape index (κ1) is 14.0. The number of aliphatic hydroxyl groups is 1. The van der Waals surface area contributed by atoms with E-state index < -0.39 is 6.10 Å². The summed E-state index contributed by atoms with van der Waals surface area (Å²) in [6.07, 6.45) is -0.142. The van der Waals surface area contributed by atoms with E-state index >= 15 is 0 Å². The second-order valence-electron chi connectivity index (χ2n) is 4.76. The summed E-state index contributed by atoms with van der Waals surface area (Å²) in [6, 6.07) is 4.80. The first-order chi connectivity index (χ1) is 7.91. The zero-order valence-corrected chi connectivity index (χ0v) is 10.7. The second-order valence-corrected chi connectivity index (χ2v) is 4.76. The number of aliphatic hydroxyl groups excluding tert-OH is 1. The number of hydrogen-bond donors (Lipinski definition) is 3. The average Bonchev–Trinajstić information content (AvgIpc) is 2.28. The summed E-state index contributed by atoms with van der Waals surface area (Å²) in [5.74, 6) is 0.100. The van der Waals surface area contributed by atoms with Crippen molar-refractivity contribution >= 4 is 0 Å². The molecule has 0 saturated heterocycles. The van der Waals surface area contributed by atoms with Crippen LogP contribution in [-0.2, 0) is 0 Å². The van der Waals surface area contributed by atoms with Crippen molar-refractivity contribution in [3.63, 3.8) is 0 Å². The van der Waals surface area contributed by atoms with E-state index in [4.69, 9.17) is 5.73 Å². The van der Waals surface area contributed by atoms with Gasteiger partial charge >= 0.3 is 0 Å². The highest BCUT2D eigenvalue weighted by Crippen LogP contribution is 2.27. The van der Waals surface area contributed by atoms with Gasteiger partial charge in [0.1, 0.15) is 5.75 Å². The highest BCUT2D eigenvalue weighted by Gasteiger charge is 2.20. The van der Waals surface area contributed by atoms with Crippen LogP contribution in [0.1, 0.15) is 23.7 Å². The highest BCUT2D eigenvalue weighted by molar-refractivity contribution is 5.37. The molecule has 2 unspecified atom stereocenters. The predicted octanol–water partition coefficient (Wildman–Crippen LogP) is 1.01. The minimum absolute atomic E-state index is 0.100. The minimum atomic E-state index is -0.824. The van der Waals surface area contributed by atoms with Gasteiger partial charge in [0.2, 0.25) is 0 Å². The summed E-state index contributed by atoms with van der Waals surface area (Å²) in [6.45, 7) is 2.73. The number of hydrogen-bond acceptors (Lipinski definition) is 4. The fraction of sp³-hybridized carbons (Fsp3) is 0.538. The summed E-state index contributed by atoms with van der Waals surface area (Å²) in [7, 11) is 3.92. The van der Waals surface area contributed by atoms with Crippen molar-refractivity contribution in [1.82, 2.24) is 4.90 Å². The molecule has 0 bridgehead atoms. The molecule has 0 saturated carbocycles. The molecule has 0 aromatic heterocycles. The van der Waals surface area contributed by atoms with Crippen molar-refractivity contribution in [2.24, 2.45) is 5.73 Å². The Balaban J connectivity index is 2.74. The Labute approximate surface area is 103 Å². The number of phenolic OH excluding ortho intramolecular Hbond substituents is 1. The van der Waals surface area contributed by atoms with Crippen molar-refractivity contribution in [3.05, 3.63) is 29.3 Å². The molecule has 0 spiro atoms. The van der Waals surface area contributed by atoms with Gasteiger partial charge < -0.3 is 20.8 Å². The predicted molar refractivity (Wildman–Crippen MR) is 69.0 cm³/mol. The number of phenols is 1. The van der Waals surface area contributed by atoms with Gasteiger partial charge in [0.25, 0.3) is 0 Å². The Kier molecular flexibility index (Phi) is 4.93. The first-order valence-electron chi connectivity index (χ1n) is 5.79. The topological polar surface area (TPSA) is 69.7 Å². The van der Waals surface area contributed by atoms with E-state index in [1.165, 1.54) is 0 Å². The standard InChI is InChI=1S/C13H22N2O2/c1-9-4-5-12(16)10(8-9)13(17)11(14)6-7-15(2)3/h4-5,8,11,13,16-17H,6-7,14H2,1-3H3. The molecule has 0 aliphatic heterocycles. The summed E-state index contributed by atoms with van der Waals surface area (Å²) >= 11 is 0. The van der Waals surface area contributed by atoms with Gasteiger partial charge in [-0.25, -0.2) is 0 Å². The number of benzene rings is 1. The lowest BCUT2D eigenvalue weighted by atomic mass is 9.98. The number of nitrogens with two attached hydrogens (primary N) is 1. The number of rotatable bonds is 5. The Bertz CT molecular complexity index is 366. The lowest BCUT2D eigenvalue weighted by Crippen LogP contribution is -2.32. The van der Waals surface area contributed by atoms with Crippen LogP contribution in [0.25, 0.3) is 0 Å². The molecule has 17 heavy (non-hydrogen) atoms. The summed E-state index contributed by atoms with van der Waals surface area (Å²) in [5.41, 5.74) is 7.44. The van der Waals surface area contributed by atoms with Gasteiger partial charge in [-0.05, 0) is 46.1 Å². The number of aryl methyl sites for hydroxylation is 1. The Morgan fingerprint density at radius 2 is 2.00 bits per heavy atom. The second kappa shape index (κ2) is 6.00. The van der Waals surface area contributed by atoms with E-state index in [9.17, 15) is 10.2 Å². The van der Waals surface area contributed by atoms with Gasteiger partial charge in [0.15, 0.2) is 0 Å². The maximum Gasteiger partial charge on any atom is 0.121 e. The molecule has 1 aromatic carbocycles. The van der Waals surface area contributed by atoms with E-state index in [0.29, 0.717) is 12.0 Å². The largest absolute Gasteiger partial charge is 0.508 e. The molecule has 0 amide bonds. The van der Waals surface area contributed by atoms with Crippen LogP contribution < -0.4 is 5.73 Å². The zero-order chi connectivity index (χ0) is 13.0.